The Hall–Kier alpha value is -2.69. The van der Waals surface area contributed by atoms with Crippen molar-refractivity contribution in [3.63, 3.8) is 0 Å². The fourth-order valence-corrected chi connectivity index (χ4v) is 2.18. The van der Waals surface area contributed by atoms with Crippen LogP contribution >= 0.6 is 0 Å². The van der Waals surface area contributed by atoms with E-state index in [0.29, 0.717) is 11.3 Å². The summed E-state index contributed by atoms with van der Waals surface area (Å²) < 4.78 is 18.3. The number of carbonyl (C=O) groups excluding carboxylic acids is 2. The van der Waals surface area contributed by atoms with Crippen molar-refractivity contribution in [2.45, 2.75) is 26.9 Å². The van der Waals surface area contributed by atoms with E-state index in [4.69, 9.17) is 4.74 Å². The van der Waals surface area contributed by atoms with Gasteiger partial charge in [0.1, 0.15) is 5.82 Å². The first-order chi connectivity index (χ1) is 10.8. The Morgan fingerprint density at radius 3 is 2.35 bits per heavy atom. The molecule has 23 heavy (non-hydrogen) atoms. The molecule has 1 N–H and O–H groups in total. The van der Waals surface area contributed by atoms with Crippen molar-refractivity contribution in [3.05, 3.63) is 65.0 Å². The molecule has 0 aliphatic carbocycles. The summed E-state index contributed by atoms with van der Waals surface area (Å²) in [5.74, 6) is -1.55. The van der Waals surface area contributed by atoms with Gasteiger partial charge >= 0.3 is 5.97 Å². The summed E-state index contributed by atoms with van der Waals surface area (Å²) in [4.78, 5) is 24.1. The lowest BCUT2D eigenvalue weighted by Crippen LogP contribution is -2.30. The zero-order chi connectivity index (χ0) is 17.0. The van der Waals surface area contributed by atoms with Gasteiger partial charge in [-0.1, -0.05) is 23.3 Å². The molecule has 0 aromatic heterocycles. The van der Waals surface area contributed by atoms with Crippen LogP contribution in [0.4, 0.5) is 10.1 Å². The molecule has 120 valence electrons. The van der Waals surface area contributed by atoms with E-state index in [1.807, 2.05) is 19.9 Å². The maximum absolute atomic E-state index is 13.1. The molecule has 0 spiro atoms. The second-order valence-corrected chi connectivity index (χ2v) is 5.42. The van der Waals surface area contributed by atoms with Crippen molar-refractivity contribution in [2.24, 2.45) is 0 Å². The van der Waals surface area contributed by atoms with E-state index in [0.717, 1.165) is 11.1 Å². The first kappa shape index (κ1) is 16.7. The minimum absolute atomic E-state index is 0.310. The second-order valence-electron chi connectivity index (χ2n) is 5.42. The molecule has 0 saturated carbocycles. The van der Waals surface area contributed by atoms with Gasteiger partial charge < -0.3 is 10.1 Å². The van der Waals surface area contributed by atoms with Gasteiger partial charge in [-0.3, -0.25) is 4.79 Å². The predicted molar refractivity (Wildman–Crippen MR) is 85.8 cm³/mol. The van der Waals surface area contributed by atoms with Gasteiger partial charge in [-0.15, -0.1) is 0 Å². The van der Waals surface area contributed by atoms with E-state index < -0.39 is 23.8 Å². The van der Waals surface area contributed by atoms with Gasteiger partial charge in [0.25, 0.3) is 5.91 Å². The molecule has 2 aromatic rings. The van der Waals surface area contributed by atoms with Crippen molar-refractivity contribution >= 4 is 17.6 Å². The average molecular weight is 315 g/mol. The summed E-state index contributed by atoms with van der Waals surface area (Å²) in [6.07, 6.45) is -0.994. The van der Waals surface area contributed by atoms with Crippen LogP contribution in [0.15, 0.2) is 42.5 Å². The lowest BCUT2D eigenvalue weighted by Gasteiger charge is -2.14. The summed E-state index contributed by atoms with van der Waals surface area (Å²) in [6.45, 7) is 5.23. The van der Waals surface area contributed by atoms with Crippen LogP contribution in [-0.2, 0) is 9.53 Å². The Balaban J connectivity index is 2.01. The lowest BCUT2D eigenvalue weighted by atomic mass is 10.1. The highest BCUT2D eigenvalue weighted by Crippen LogP contribution is 2.13. The molecule has 2 rings (SSSR count). The molecule has 0 heterocycles. The Morgan fingerprint density at radius 2 is 1.74 bits per heavy atom. The number of ether oxygens (including phenoxy) is 1. The van der Waals surface area contributed by atoms with Crippen molar-refractivity contribution in [1.82, 2.24) is 0 Å². The topological polar surface area (TPSA) is 55.4 Å². The van der Waals surface area contributed by atoms with Crippen LogP contribution in [0.1, 0.15) is 28.4 Å². The van der Waals surface area contributed by atoms with Gasteiger partial charge in [0.2, 0.25) is 0 Å². The first-order valence-corrected chi connectivity index (χ1v) is 7.21. The molecule has 1 unspecified atom stereocenters. The standard InChI is InChI=1S/C18H18FNO3/c1-11-7-12(2)9-14(8-11)18(22)23-13(3)17(21)20-16-6-4-5-15(19)10-16/h4-10,13H,1-3H3,(H,20,21). The van der Waals surface area contributed by atoms with E-state index >= 15 is 0 Å². The van der Waals surface area contributed by atoms with Gasteiger partial charge in [-0.05, 0) is 51.1 Å². The highest BCUT2D eigenvalue weighted by atomic mass is 19.1. The maximum Gasteiger partial charge on any atom is 0.338 e. The number of esters is 1. The van der Waals surface area contributed by atoms with Crippen LogP contribution in [0.3, 0.4) is 0 Å². The average Bonchev–Trinajstić information content (AvgIpc) is 2.46. The van der Waals surface area contributed by atoms with Gasteiger partial charge in [-0.25, -0.2) is 9.18 Å². The highest BCUT2D eigenvalue weighted by Gasteiger charge is 2.19. The Morgan fingerprint density at radius 1 is 1.09 bits per heavy atom. The maximum atomic E-state index is 13.1. The minimum atomic E-state index is -0.994. The van der Waals surface area contributed by atoms with Gasteiger partial charge in [0.15, 0.2) is 6.10 Å². The fourth-order valence-electron chi connectivity index (χ4n) is 2.18. The number of hydrogen-bond donors (Lipinski definition) is 1. The molecular formula is C18H18FNO3. The molecule has 2 aromatic carbocycles. The third-order valence-corrected chi connectivity index (χ3v) is 3.20. The monoisotopic (exact) mass is 315 g/mol. The van der Waals surface area contributed by atoms with Gasteiger partial charge in [0, 0.05) is 5.69 Å². The Kier molecular flexibility index (Phi) is 5.11. The number of aryl methyl sites for hydroxylation is 2. The molecule has 0 bridgehead atoms. The number of nitrogens with one attached hydrogen (secondary N) is 1. The quantitative estimate of drug-likeness (QED) is 0.877. The number of anilines is 1. The molecule has 5 heteroatoms. The number of halogens is 1. The van der Waals surface area contributed by atoms with E-state index in [9.17, 15) is 14.0 Å². The molecule has 1 amide bonds. The molecular weight excluding hydrogens is 297 g/mol. The van der Waals surface area contributed by atoms with E-state index in [1.165, 1.54) is 25.1 Å². The minimum Gasteiger partial charge on any atom is -0.449 e. The van der Waals surface area contributed by atoms with Crippen molar-refractivity contribution < 1.29 is 18.7 Å². The third-order valence-electron chi connectivity index (χ3n) is 3.20. The molecule has 0 radical (unpaired) electrons. The molecule has 0 aliphatic heterocycles. The predicted octanol–water partition coefficient (Wildman–Crippen LogP) is 3.63. The SMILES string of the molecule is Cc1cc(C)cc(C(=O)OC(C)C(=O)Nc2cccc(F)c2)c1. The lowest BCUT2D eigenvalue weighted by molar-refractivity contribution is -0.123. The largest absolute Gasteiger partial charge is 0.449 e. The first-order valence-electron chi connectivity index (χ1n) is 7.21. The summed E-state index contributed by atoms with van der Waals surface area (Å²) >= 11 is 0. The summed E-state index contributed by atoms with van der Waals surface area (Å²) in [5, 5.41) is 2.51. The van der Waals surface area contributed by atoms with Gasteiger partial charge in [-0.2, -0.15) is 0 Å². The van der Waals surface area contributed by atoms with Crippen molar-refractivity contribution in [1.29, 1.82) is 0 Å². The number of rotatable bonds is 4. The van der Waals surface area contributed by atoms with Crippen LogP contribution in [0, 0.1) is 19.7 Å². The third kappa shape index (κ3) is 4.64. The molecule has 1 atom stereocenters. The number of amides is 1. The number of benzene rings is 2. The van der Waals surface area contributed by atoms with Crippen LogP contribution in [0.2, 0.25) is 0 Å². The second kappa shape index (κ2) is 7.05. The molecule has 4 nitrogen and oxygen atoms in total. The fraction of sp³-hybridized carbons (Fsp3) is 0.222. The summed E-state index contributed by atoms with van der Waals surface area (Å²) in [7, 11) is 0. The molecule has 0 fully saturated rings. The van der Waals surface area contributed by atoms with Crippen LogP contribution in [0.5, 0.6) is 0 Å². The van der Waals surface area contributed by atoms with Gasteiger partial charge in [0.05, 0.1) is 5.56 Å². The van der Waals surface area contributed by atoms with Crippen LogP contribution in [-0.4, -0.2) is 18.0 Å². The van der Waals surface area contributed by atoms with Crippen molar-refractivity contribution in [3.8, 4) is 0 Å². The van der Waals surface area contributed by atoms with E-state index in [2.05, 4.69) is 5.32 Å². The number of hydrogen-bond acceptors (Lipinski definition) is 3. The van der Waals surface area contributed by atoms with Crippen LogP contribution < -0.4 is 5.32 Å². The molecule has 0 saturated heterocycles. The zero-order valence-electron chi connectivity index (χ0n) is 13.2. The Bertz CT molecular complexity index is 723. The van der Waals surface area contributed by atoms with E-state index in [-0.39, 0.29) is 0 Å². The highest BCUT2D eigenvalue weighted by molar-refractivity contribution is 5.97. The number of carbonyl (C=O) groups is 2. The van der Waals surface area contributed by atoms with E-state index in [1.54, 1.807) is 18.2 Å². The summed E-state index contributed by atoms with van der Waals surface area (Å²) in [6, 6.07) is 10.8. The van der Waals surface area contributed by atoms with Crippen LogP contribution in [0.25, 0.3) is 0 Å². The Labute approximate surface area is 134 Å². The zero-order valence-corrected chi connectivity index (χ0v) is 13.2. The smallest absolute Gasteiger partial charge is 0.338 e. The van der Waals surface area contributed by atoms with Crippen molar-refractivity contribution in [2.75, 3.05) is 5.32 Å². The normalized spacial score (nSPS) is 11.7. The summed E-state index contributed by atoms with van der Waals surface area (Å²) in [5.41, 5.74) is 2.58. The molecule has 0 aliphatic rings.